The molecule has 1 aromatic rings. The number of methoxy groups -OCH3 is 1. The van der Waals surface area contributed by atoms with E-state index >= 15 is 0 Å². The Hall–Kier alpha value is -0.650. The minimum atomic E-state index is -0.0203. The summed E-state index contributed by atoms with van der Waals surface area (Å²) in [6, 6.07) is 0. The van der Waals surface area contributed by atoms with Gasteiger partial charge in [0.2, 0.25) is 0 Å². The van der Waals surface area contributed by atoms with Crippen LogP contribution in [0, 0.1) is 0 Å². The van der Waals surface area contributed by atoms with Crippen LogP contribution in [0.5, 0.6) is 0 Å². The monoisotopic (exact) mass is 215 g/mol. The van der Waals surface area contributed by atoms with Gasteiger partial charge in [-0.2, -0.15) is 0 Å². The molecule has 0 aliphatic rings. The number of nitrogens with zero attached hydrogens (tertiary/aromatic N) is 1. The van der Waals surface area contributed by atoms with Gasteiger partial charge in [-0.3, -0.25) is 0 Å². The molecule has 0 bridgehead atoms. The Balaban J connectivity index is 2.40. The summed E-state index contributed by atoms with van der Waals surface area (Å²) in [4.78, 5) is 5.13. The molecule has 0 spiro atoms. The predicted molar refractivity (Wildman–Crippen MR) is 59.3 cm³/mol. The van der Waals surface area contributed by atoms with Crippen molar-refractivity contribution in [1.82, 2.24) is 10.3 Å². The van der Waals surface area contributed by atoms with Crippen LogP contribution in [-0.2, 0) is 11.3 Å². The SMILES string of the molecule is COCC(C)(C)NCc1cnc(N)s1. The molecule has 0 aromatic carbocycles. The number of hydrogen-bond donors (Lipinski definition) is 2. The summed E-state index contributed by atoms with van der Waals surface area (Å²) in [5, 5.41) is 4.00. The Morgan fingerprint density at radius 2 is 2.36 bits per heavy atom. The first-order valence-corrected chi connectivity index (χ1v) is 5.29. The maximum absolute atomic E-state index is 5.53. The number of rotatable bonds is 5. The van der Waals surface area contributed by atoms with E-state index in [1.54, 1.807) is 13.3 Å². The highest BCUT2D eigenvalue weighted by Crippen LogP contribution is 2.15. The molecule has 0 radical (unpaired) electrons. The van der Waals surface area contributed by atoms with E-state index in [-0.39, 0.29) is 5.54 Å². The topological polar surface area (TPSA) is 60.2 Å². The van der Waals surface area contributed by atoms with Crippen molar-refractivity contribution in [2.45, 2.75) is 25.9 Å². The highest BCUT2D eigenvalue weighted by molar-refractivity contribution is 7.15. The third-order valence-corrected chi connectivity index (χ3v) is 2.64. The lowest BCUT2D eigenvalue weighted by molar-refractivity contribution is 0.128. The molecule has 0 fully saturated rings. The molecule has 0 unspecified atom stereocenters. The second kappa shape index (κ2) is 4.72. The van der Waals surface area contributed by atoms with Gasteiger partial charge < -0.3 is 15.8 Å². The number of hydrogen-bond acceptors (Lipinski definition) is 5. The van der Waals surface area contributed by atoms with Crippen LogP contribution in [0.2, 0.25) is 0 Å². The highest BCUT2D eigenvalue weighted by atomic mass is 32.1. The van der Waals surface area contributed by atoms with E-state index in [0.717, 1.165) is 11.4 Å². The second-order valence-corrected chi connectivity index (χ2v) is 4.98. The smallest absolute Gasteiger partial charge is 0.180 e. The Morgan fingerprint density at radius 1 is 1.64 bits per heavy atom. The number of ether oxygens (including phenoxy) is 1. The lowest BCUT2D eigenvalue weighted by atomic mass is 10.1. The van der Waals surface area contributed by atoms with Gasteiger partial charge in [0, 0.05) is 30.3 Å². The van der Waals surface area contributed by atoms with Gasteiger partial charge in [0.15, 0.2) is 5.13 Å². The van der Waals surface area contributed by atoms with E-state index in [0.29, 0.717) is 11.7 Å². The molecule has 1 rings (SSSR count). The van der Waals surface area contributed by atoms with E-state index in [9.17, 15) is 0 Å². The van der Waals surface area contributed by atoms with Crippen LogP contribution in [0.4, 0.5) is 5.13 Å². The average Bonchev–Trinajstić information content (AvgIpc) is 2.48. The van der Waals surface area contributed by atoms with Gasteiger partial charge in [0.1, 0.15) is 0 Å². The van der Waals surface area contributed by atoms with Gasteiger partial charge in [0.25, 0.3) is 0 Å². The fourth-order valence-corrected chi connectivity index (χ4v) is 1.77. The van der Waals surface area contributed by atoms with Crippen molar-refractivity contribution in [3.63, 3.8) is 0 Å². The summed E-state index contributed by atoms with van der Waals surface area (Å²) in [7, 11) is 1.70. The van der Waals surface area contributed by atoms with Gasteiger partial charge in [-0.25, -0.2) is 4.98 Å². The third-order valence-electron chi connectivity index (χ3n) is 1.82. The van der Waals surface area contributed by atoms with E-state index in [4.69, 9.17) is 10.5 Å². The maximum Gasteiger partial charge on any atom is 0.180 e. The summed E-state index contributed by atoms with van der Waals surface area (Å²) < 4.78 is 5.10. The Bertz CT molecular complexity index is 285. The minimum absolute atomic E-state index is 0.0203. The fraction of sp³-hybridized carbons (Fsp3) is 0.667. The molecule has 80 valence electrons. The molecule has 4 nitrogen and oxygen atoms in total. The zero-order valence-corrected chi connectivity index (χ0v) is 9.65. The zero-order valence-electron chi connectivity index (χ0n) is 8.83. The van der Waals surface area contributed by atoms with Crippen molar-refractivity contribution in [3.05, 3.63) is 11.1 Å². The van der Waals surface area contributed by atoms with Gasteiger partial charge >= 0.3 is 0 Å². The number of aromatic nitrogens is 1. The van der Waals surface area contributed by atoms with Crippen molar-refractivity contribution in [2.24, 2.45) is 0 Å². The zero-order chi connectivity index (χ0) is 10.6. The minimum Gasteiger partial charge on any atom is -0.383 e. The first-order valence-electron chi connectivity index (χ1n) is 4.47. The van der Waals surface area contributed by atoms with E-state index in [1.165, 1.54) is 11.3 Å². The lowest BCUT2D eigenvalue weighted by Crippen LogP contribution is -2.42. The van der Waals surface area contributed by atoms with E-state index in [1.807, 2.05) is 0 Å². The lowest BCUT2D eigenvalue weighted by Gasteiger charge is -2.24. The largest absolute Gasteiger partial charge is 0.383 e. The van der Waals surface area contributed by atoms with Gasteiger partial charge in [0.05, 0.1) is 6.61 Å². The number of anilines is 1. The van der Waals surface area contributed by atoms with E-state index < -0.39 is 0 Å². The first-order chi connectivity index (χ1) is 6.53. The van der Waals surface area contributed by atoms with Gasteiger partial charge in [-0.1, -0.05) is 0 Å². The summed E-state index contributed by atoms with van der Waals surface area (Å²) in [5.74, 6) is 0. The first kappa shape index (κ1) is 11.4. The van der Waals surface area contributed by atoms with Crippen molar-refractivity contribution < 1.29 is 4.74 Å². The highest BCUT2D eigenvalue weighted by Gasteiger charge is 2.16. The van der Waals surface area contributed by atoms with E-state index in [2.05, 4.69) is 24.1 Å². The fourth-order valence-electron chi connectivity index (χ4n) is 1.14. The third kappa shape index (κ3) is 3.61. The standard InChI is InChI=1S/C9H17N3OS/c1-9(2,6-13-3)12-5-7-4-11-8(10)14-7/h4,12H,5-6H2,1-3H3,(H2,10,11). The van der Waals surface area contributed by atoms with Crippen LogP contribution in [0.3, 0.4) is 0 Å². The van der Waals surface area contributed by atoms with Crippen LogP contribution in [0.25, 0.3) is 0 Å². The van der Waals surface area contributed by atoms with Crippen LogP contribution < -0.4 is 11.1 Å². The Labute approximate surface area is 88.5 Å². The average molecular weight is 215 g/mol. The maximum atomic E-state index is 5.53. The van der Waals surface area contributed by atoms with Crippen LogP contribution in [0.1, 0.15) is 18.7 Å². The Kier molecular flexibility index (Phi) is 3.86. The molecule has 5 heteroatoms. The summed E-state index contributed by atoms with van der Waals surface area (Å²) in [6.45, 7) is 5.66. The number of nitrogens with one attached hydrogen (secondary N) is 1. The molecule has 0 amide bonds. The summed E-state index contributed by atoms with van der Waals surface area (Å²) >= 11 is 1.51. The van der Waals surface area contributed by atoms with Crippen LogP contribution in [-0.4, -0.2) is 24.2 Å². The van der Waals surface area contributed by atoms with Gasteiger partial charge in [-0.05, 0) is 13.8 Å². The van der Waals surface area contributed by atoms with Crippen molar-refractivity contribution >= 4 is 16.5 Å². The molecule has 3 N–H and O–H groups in total. The summed E-state index contributed by atoms with van der Waals surface area (Å²) in [6.07, 6.45) is 1.80. The normalized spacial score (nSPS) is 11.9. The molecular formula is C9H17N3OS. The van der Waals surface area contributed by atoms with Crippen molar-refractivity contribution in [3.8, 4) is 0 Å². The molecule has 0 atom stereocenters. The molecule has 0 saturated heterocycles. The quantitative estimate of drug-likeness (QED) is 0.776. The van der Waals surface area contributed by atoms with Crippen molar-refractivity contribution in [2.75, 3.05) is 19.5 Å². The van der Waals surface area contributed by atoms with Crippen molar-refractivity contribution in [1.29, 1.82) is 0 Å². The second-order valence-electron chi connectivity index (χ2n) is 3.84. The summed E-state index contributed by atoms with van der Waals surface area (Å²) in [5.41, 5.74) is 5.51. The number of thiazole rings is 1. The molecule has 0 saturated carbocycles. The Morgan fingerprint density at radius 3 is 2.86 bits per heavy atom. The molecule has 0 aliphatic heterocycles. The molecule has 14 heavy (non-hydrogen) atoms. The van der Waals surface area contributed by atoms with Crippen LogP contribution in [0.15, 0.2) is 6.20 Å². The number of nitrogen functional groups attached to an aromatic ring is 1. The molecule has 0 aliphatic carbocycles. The molecule has 1 heterocycles. The predicted octanol–water partition coefficient (Wildman–Crippen LogP) is 1.24. The number of nitrogens with two attached hydrogens (primary N) is 1. The molecular weight excluding hydrogens is 198 g/mol. The van der Waals surface area contributed by atoms with Gasteiger partial charge in [-0.15, -0.1) is 11.3 Å². The van der Waals surface area contributed by atoms with Crippen LogP contribution >= 0.6 is 11.3 Å². The molecule has 1 aromatic heterocycles.